The van der Waals surface area contributed by atoms with E-state index in [9.17, 15) is 0 Å². The summed E-state index contributed by atoms with van der Waals surface area (Å²) in [5.74, 6) is 1.48. The number of hydrogen-bond donors (Lipinski definition) is 1. The minimum absolute atomic E-state index is 0.669. The van der Waals surface area contributed by atoms with Gasteiger partial charge in [-0.05, 0) is 44.7 Å². The molecular formula is C16H31N5. The molecule has 0 amide bonds. The Morgan fingerprint density at radius 1 is 1.33 bits per heavy atom. The summed E-state index contributed by atoms with van der Waals surface area (Å²) in [6.45, 7) is 14.2. The highest BCUT2D eigenvalue weighted by Crippen LogP contribution is 2.22. The van der Waals surface area contributed by atoms with Gasteiger partial charge >= 0.3 is 0 Å². The van der Waals surface area contributed by atoms with E-state index in [2.05, 4.69) is 54.4 Å². The molecule has 1 aromatic heterocycles. The van der Waals surface area contributed by atoms with Gasteiger partial charge in [-0.1, -0.05) is 26.0 Å². The zero-order valence-electron chi connectivity index (χ0n) is 14.0. The highest BCUT2D eigenvalue weighted by Gasteiger charge is 2.24. The van der Waals surface area contributed by atoms with Gasteiger partial charge in [-0.15, -0.1) is 5.10 Å². The molecule has 0 radical (unpaired) electrons. The zero-order valence-corrected chi connectivity index (χ0v) is 14.0. The van der Waals surface area contributed by atoms with E-state index < -0.39 is 0 Å². The Hall–Kier alpha value is -0.940. The van der Waals surface area contributed by atoms with Crippen molar-refractivity contribution < 1.29 is 0 Å². The van der Waals surface area contributed by atoms with Gasteiger partial charge in [0, 0.05) is 25.3 Å². The Kier molecular flexibility index (Phi) is 6.18. The first-order valence-corrected chi connectivity index (χ1v) is 8.40. The second-order valence-corrected chi connectivity index (χ2v) is 6.89. The molecular weight excluding hydrogens is 262 g/mol. The van der Waals surface area contributed by atoms with E-state index in [1.165, 1.54) is 19.4 Å². The maximum Gasteiger partial charge on any atom is 0.0964 e. The Labute approximate surface area is 129 Å². The number of likely N-dealkylation sites (tertiary alicyclic amines) is 1. The van der Waals surface area contributed by atoms with Crippen molar-refractivity contribution in [2.75, 3.05) is 19.6 Å². The van der Waals surface area contributed by atoms with Crippen molar-refractivity contribution in [3.05, 3.63) is 11.9 Å². The Morgan fingerprint density at radius 3 is 2.90 bits per heavy atom. The van der Waals surface area contributed by atoms with E-state index >= 15 is 0 Å². The van der Waals surface area contributed by atoms with E-state index in [-0.39, 0.29) is 0 Å². The lowest BCUT2D eigenvalue weighted by Gasteiger charge is -2.37. The van der Waals surface area contributed by atoms with Crippen LogP contribution in [0.1, 0.15) is 46.2 Å². The van der Waals surface area contributed by atoms with E-state index in [0.717, 1.165) is 37.8 Å². The third kappa shape index (κ3) is 5.08. The van der Waals surface area contributed by atoms with Gasteiger partial charge in [0.1, 0.15) is 0 Å². The molecule has 5 nitrogen and oxygen atoms in total. The van der Waals surface area contributed by atoms with Crippen molar-refractivity contribution in [1.29, 1.82) is 0 Å². The molecule has 1 aliphatic heterocycles. The average molecular weight is 293 g/mol. The maximum absolute atomic E-state index is 4.24. The first-order valence-electron chi connectivity index (χ1n) is 8.40. The molecule has 1 N–H and O–H groups in total. The predicted octanol–water partition coefficient (Wildman–Crippen LogP) is 2.14. The minimum Gasteiger partial charge on any atom is -0.311 e. The van der Waals surface area contributed by atoms with Gasteiger partial charge < -0.3 is 5.32 Å². The fraction of sp³-hybridized carbons (Fsp3) is 0.875. The Balaban J connectivity index is 1.74. The Bertz CT molecular complexity index is 415. The summed E-state index contributed by atoms with van der Waals surface area (Å²) in [7, 11) is 0. The molecule has 2 heterocycles. The third-order valence-corrected chi connectivity index (χ3v) is 4.57. The van der Waals surface area contributed by atoms with Gasteiger partial charge in [-0.2, -0.15) is 0 Å². The average Bonchev–Trinajstić information content (AvgIpc) is 2.88. The second-order valence-electron chi connectivity index (χ2n) is 6.89. The highest BCUT2D eigenvalue weighted by molar-refractivity contribution is 4.91. The monoisotopic (exact) mass is 293 g/mol. The lowest BCUT2D eigenvalue weighted by molar-refractivity contribution is 0.108. The van der Waals surface area contributed by atoms with Crippen LogP contribution >= 0.6 is 0 Å². The largest absolute Gasteiger partial charge is 0.311 e. The van der Waals surface area contributed by atoms with Gasteiger partial charge in [0.25, 0.3) is 0 Å². The quantitative estimate of drug-likeness (QED) is 0.837. The molecule has 1 saturated heterocycles. The molecule has 2 unspecified atom stereocenters. The zero-order chi connectivity index (χ0) is 15.2. The molecule has 5 heteroatoms. The van der Waals surface area contributed by atoms with E-state index in [1.807, 2.05) is 4.68 Å². The summed E-state index contributed by atoms with van der Waals surface area (Å²) in [5, 5.41) is 11.9. The van der Waals surface area contributed by atoms with E-state index in [1.54, 1.807) is 0 Å². The number of nitrogens with one attached hydrogen (secondary N) is 1. The van der Waals surface area contributed by atoms with Gasteiger partial charge in [0.2, 0.25) is 0 Å². The molecule has 21 heavy (non-hydrogen) atoms. The molecule has 0 bridgehead atoms. The second kappa shape index (κ2) is 7.90. The van der Waals surface area contributed by atoms with Crippen LogP contribution < -0.4 is 5.32 Å². The summed E-state index contributed by atoms with van der Waals surface area (Å²) >= 11 is 0. The van der Waals surface area contributed by atoms with E-state index in [0.29, 0.717) is 12.0 Å². The van der Waals surface area contributed by atoms with Crippen LogP contribution in [0.25, 0.3) is 0 Å². The van der Waals surface area contributed by atoms with Crippen molar-refractivity contribution in [2.45, 2.75) is 59.7 Å². The van der Waals surface area contributed by atoms with Gasteiger partial charge in [0.15, 0.2) is 0 Å². The van der Waals surface area contributed by atoms with Gasteiger partial charge in [0.05, 0.1) is 12.2 Å². The van der Waals surface area contributed by atoms with Crippen molar-refractivity contribution >= 4 is 0 Å². The fourth-order valence-corrected chi connectivity index (χ4v) is 2.99. The normalized spacial score (nSPS) is 23.9. The maximum atomic E-state index is 4.24. The van der Waals surface area contributed by atoms with Gasteiger partial charge in [-0.3, -0.25) is 9.58 Å². The standard InChI is InChI=1S/C16H31N5/c1-13(2)10-17-11-16-12-21(19-18-16)9-8-20-7-5-6-14(3)15(20)4/h12-15,17H,5-11H2,1-4H3. The number of rotatable bonds is 7. The van der Waals surface area contributed by atoms with Crippen LogP contribution in [-0.4, -0.2) is 45.6 Å². The third-order valence-electron chi connectivity index (χ3n) is 4.57. The smallest absolute Gasteiger partial charge is 0.0964 e. The summed E-state index contributed by atoms with van der Waals surface area (Å²) < 4.78 is 1.98. The fourth-order valence-electron chi connectivity index (χ4n) is 2.99. The number of nitrogens with zero attached hydrogens (tertiary/aromatic N) is 4. The van der Waals surface area contributed by atoms with Crippen molar-refractivity contribution in [1.82, 2.24) is 25.2 Å². The van der Waals surface area contributed by atoms with Crippen LogP contribution in [0, 0.1) is 11.8 Å². The predicted molar refractivity (Wildman–Crippen MR) is 86.0 cm³/mol. The number of piperidine rings is 1. The van der Waals surface area contributed by atoms with Crippen LogP contribution in [0.3, 0.4) is 0 Å². The topological polar surface area (TPSA) is 46.0 Å². The molecule has 1 aliphatic rings. The van der Waals surface area contributed by atoms with Crippen molar-refractivity contribution in [3.8, 4) is 0 Å². The molecule has 120 valence electrons. The lowest BCUT2D eigenvalue weighted by Crippen LogP contribution is -2.43. The molecule has 0 saturated carbocycles. The molecule has 1 aromatic rings. The molecule has 0 aliphatic carbocycles. The first-order chi connectivity index (χ1) is 10.1. The molecule has 0 aromatic carbocycles. The highest BCUT2D eigenvalue weighted by atomic mass is 15.4. The minimum atomic E-state index is 0.669. The summed E-state index contributed by atoms with van der Waals surface area (Å²) in [6, 6.07) is 0.689. The molecule has 1 fully saturated rings. The SMILES string of the molecule is CC(C)CNCc1cn(CCN2CCCC(C)C2C)nn1. The summed E-state index contributed by atoms with van der Waals surface area (Å²) in [5.41, 5.74) is 1.04. The number of hydrogen-bond acceptors (Lipinski definition) is 4. The van der Waals surface area contributed by atoms with Crippen molar-refractivity contribution in [3.63, 3.8) is 0 Å². The van der Waals surface area contributed by atoms with E-state index in [4.69, 9.17) is 0 Å². The van der Waals surface area contributed by atoms with Crippen LogP contribution in [0.2, 0.25) is 0 Å². The summed E-state index contributed by atoms with van der Waals surface area (Å²) in [4.78, 5) is 2.59. The number of aromatic nitrogens is 3. The summed E-state index contributed by atoms with van der Waals surface area (Å²) in [6.07, 6.45) is 4.77. The Morgan fingerprint density at radius 2 is 2.14 bits per heavy atom. The molecule has 2 rings (SSSR count). The first kappa shape index (κ1) is 16.4. The van der Waals surface area contributed by atoms with Crippen LogP contribution in [0.5, 0.6) is 0 Å². The molecule has 0 spiro atoms. The lowest BCUT2D eigenvalue weighted by atomic mass is 9.92. The van der Waals surface area contributed by atoms with Crippen LogP contribution in [0.15, 0.2) is 6.20 Å². The van der Waals surface area contributed by atoms with Crippen molar-refractivity contribution in [2.24, 2.45) is 11.8 Å². The van der Waals surface area contributed by atoms with Crippen LogP contribution in [0.4, 0.5) is 0 Å². The van der Waals surface area contributed by atoms with Gasteiger partial charge in [-0.25, -0.2) is 0 Å². The van der Waals surface area contributed by atoms with Crippen LogP contribution in [-0.2, 0) is 13.1 Å². The molecule has 2 atom stereocenters.